The molecule has 0 aromatic carbocycles. The standard InChI is InChI=1S/C12H15N3OS/c1-16-10-2-5-15-11(8-10)13-12(14-15)9-3-6-17-7-4-9/h2,5,8-9H,3-4,6-7H2,1H3. The molecule has 0 atom stereocenters. The van der Waals surface area contributed by atoms with Crippen molar-refractivity contribution in [2.75, 3.05) is 18.6 Å². The van der Waals surface area contributed by atoms with E-state index in [2.05, 4.69) is 10.1 Å². The van der Waals surface area contributed by atoms with E-state index in [9.17, 15) is 0 Å². The predicted octanol–water partition coefficient (Wildman–Crippen LogP) is 2.35. The Kier molecular flexibility index (Phi) is 2.93. The van der Waals surface area contributed by atoms with Crippen LogP contribution >= 0.6 is 11.8 Å². The van der Waals surface area contributed by atoms with E-state index < -0.39 is 0 Å². The third-order valence-electron chi connectivity index (χ3n) is 3.15. The van der Waals surface area contributed by atoms with Gasteiger partial charge in [0, 0.05) is 18.2 Å². The Labute approximate surface area is 104 Å². The van der Waals surface area contributed by atoms with Gasteiger partial charge in [0.2, 0.25) is 0 Å². The summed E-state index contributed by atoms with van der Waals surface area (Å²) in [7, 11) is 1.67. The van der Waals surface area contributed by atoms with Gasteiger partial charge in [-0.05, 0) is 30.4 Å². The van der Waals surface area contributed by atoms with Gasteiger partial charge in [0.1, 0.15) is 5.75 Å². The second kappa shape index (κ2) is 4.56. The number of pyridine rings is 1. The molecule has 0 bridgehead atoms. The molecule has 0 aliphatic carbocycles. The lowest BCUT2D eigenvalue weighted by molar-refractivity contribution is 0.414. The third-order valence-corrected chi connectivity index (χ3v) is 4.20. The van der Waals surface area contributed by atoms with Crippen LogP contribution in [0, 0.1) is 0 Å². The zero-order chi connectivity index (χ0) is 11.7. The Balaban J connectivity index is 1.95. The van der Waals surface area contributed by atoms with Gasteiger partial charge < -0.3 is 4.74 Å². The summed E-state index contributed by atoms with van der Waals surface area (Å²) in [6.45, 7) is 0. The maximum absolute atomic E-state index is 5.19. The number of ether oxygens (including phenoxy) is 1. The maximum atomic E-state index is 5.19. The van der Waals surface area contributed by atoms with Crippen molar-refractivity contribution >= 4 is 17.4 Å². The van der Waals surface area contributed by atoms with Gasteiger partial charge in [0.05, 0.1) is 7.11 Å². The second-order valence-electron chi connectivity index (χ2n) is 4.23. The molecule has 1 fully saturated rings. The monoisotopic (exact) mass is 249 g/mol. The van der Waals surface area contributed by atoms with Crippen molar-refractivity contribution in [2.24, 2.45) is 0 Å². The summed E-state index contributed by atoms with van der Waals surface area (Å²) < 4.78 is 7.03. The molecule has 0 radical (unpaired) electrons. The number of methoxy groups -OCH3 is 1. The van der Waals surface area contributed by atoms with Crippen LogP contribution in [-0.2, 0) is 0 Å². The maximum Gasteiger partial charge on any atom is 0.159 e. The molecule has 0 N–H and O–H groups in total. The lowest BCUT2D eigenvalue weighted by Crippen LogP contribution is -2.09. The number of thioether (sulfide) groups is 1. The highest BCUT2D eigenvalue weighted by Gasteiger charge is 2.20. The van der Waals surface area contributed by atoms with E-state index in [0.29, 0.717) is 5.92 Å². The molecule has 0 saturated carbocycles. The van der Waals surface area contributed by atoms with Crippen LogP contribution in [0.25, 0.3) is 5.65 Å². The first kappa shape index (κ1) is 10.9. The van der Waals surface area contributed by atoms with Crippen LogP contribution in [0.1, 0.15) is 24.6 Å². The fourth-order valence-electron chi connectivity index (χ4n) is 2.14. The fraction of sp³-hybridized carbons (Fsp3) is 0.500. The Bertz CT molecular complexity index is 519. The summed E-state index contributed by atoms with van der Waals surface area (Å²) in [5, 5.41) is 4.55. The van der Waals surface area contributed by atoms with Gasteiger partial charge in [0.15, 0.2) is 11.5 Å². The highest BCUT2D eigenvalue weighted by Crippen LogP contribution is 2.30. The Morgan fingerprint density at radius 3 is 3.00 bits per heavy atom. The number of rotatable bonds is 2. The summed E-state index contributed by atoms with van der Waals surface area (Å²) in [5.41, 5.74) is 0.873. The molecule has 2 aromatic rings. The lowest BCUT2D eigenvalue weighted by atomic mass is 10.0. The number of fused-ring (bicyclic) bond motifs is 1. The van der Waals surface area contributed by atoms with E-state index in [-0.39, 0.29) is 0 Å². The Hall–Kier alpha value is -1.23. The molecule has 0 spiro atoms. The van der Waals surface area contributed by atoms with Crippen molar-refractivity contribution in [3.05, 3.63) is 24.2 Å². The minimum Gasteiger partial charge on any atom is -0.497 e. The minimum absolute atomic E-state index is 0.530. The van der Waals surface area contributed by atoms with Crippen LogP contribution in [-0.4, -0.2) is 33.2 Å². The molecule has 0 amide bonds. The highest BCUT2D eigenvalue weighted by molar-refractivity contribution is 7.99. The molecular weight excluding hydrogens is 234 g/mol. The first-order chi connectivity index (χ1) is 8.36. The van der Waals surface area contributed by atoms with Crippen molar-refractivity contribution in [3.63, 3.8) is 0 Å². The minimum atomic E-state index is 0.530. The van der Waals surface area contributed by atoms with Crippen LogP contribution in [0.3, 0.4) is 0 Å². The van der Waals surface area contributed by atoms with Crippen molar-refractivity contribution in [1.82, 2.24) is 14.6 Å². The molecule has 1 aliphatic heterocycles. The summed E-state index contributed by atoms with van der Waals surface area (Å²) in [4.78, 5) is 4.61. The number of hydrogen-bond acceptors (Lipinski definition) is 4. The first-order valence-corrected chi connectivity index (χ1v) is 7.00. The molecule has 3 heterocycles. The summed E-state index contributed by atoms with van der Waals surface area (Å²) in [6, 6.07) is 3.83. The van der Waals surface area contributed by atoms with Crippen molar-refractivity contribution < 1.29 is 4.74 Å². The van der Waals surface area contributed by atoms with E-state index >= 15 is 0 Å². The molecule has 0 unspecified atom stereocenters. The van der Waals surface area contributed by atoms with Gasteiger partial charge >= 0.3 is 0 Å². The molecule has 17 heavy (non-hydrogen) atoms. The largest absolute Gasteiger partial charge is 0.497 e. The first-order valence-electron chi connectivity index (χ1n) is 5.85. The summed E-state index contributed by atoms with van der Waals surface area (Å²) in [5.74, 6) is 4.80. The zero-order valence-electron chi connectivity index (χ0n) is 9.80. The molecular formula is C12H15N3OS. The molecule has 4 nitrogen and oxygen atoms in total. The molecule has 1 aliphatic rings. The van der Waals surface area contributed by atoms with Crippen molar-refractivity contribution in [2.45, 2.75) is 18.8 Å². The Morgan fingerprint density at radius 1 is 1.41 bits per heavy atom. The van der Waals surface area contributed by atoms with Gasteiger partial charge in [-0.3, -0.25) is 0 Å². The van der Waals surface area contributed by atoms with E-state index in [4.69, 9.17) is 4.74 Å². The molecule has 90 valence electrons. The molecule has 2 aromatic heterocycles. The van der Waals surface area contributed by atoms with Gasteiger partial charge in [-0.15, -0.1) is 0 Å². The highest BCUT2D eigenvalue weighted by atomic mass is 32.2. The molecule has 5 heteroatoms. The van der Waals surface area contributed by atoms with Crippen LogP contribution in [0.5, 0.6) is 5.75 Å². The third kappa shape index (κ3) is 2.11. The van der Waals surface area contributed by atoms with Crippen LogP contribution in [0.4, 0.5) is 0 Å². The van der Waals surface area contributed by atoms with Gasteiger partial charge in [0.25, 0.3) is 0 Å². The average Bonchev–Trinajstić information content (AvgIpc) is 2.82. The number of nitrogens with zero attached hydrogens (tertiary/aromatic N) is 3. The van der Waals surface area contributed by atoms with Crippen LogP contribution in [0.2, 0.25) is 0 Å². The predicted molar refractivity (Wildman–Crippen MR) is 68.8 cm³/mol. The van der Waals surface area contributed by atoms with Gasteiger partial charge in [-0.2, -0.15) is 16.9 Å². The average molecular weight is 249 g/mol. The second-order valence-corrected chi connectivity index (χ2v) is 5.45. The van der Waals surface area contributed by atoms with E-state index in [1.165, 1.54) is 24.3 Å². The quantitative estimate of drug-likeness (QED) is 0.819. The van der Waals surface area contributed by atoms with Crippen LogP contribution in [0.15, 0.2) is 18.3 Å². The van der Waals surface area contributed by atoms with Crippen molar-refractivity contribution in [3.8, 4) is 5.75 Å². The molecule has 3 rings (SSSR count). The van der Waals surface area contributed by atoms with E-state index in [0.717, 1.165) is 17.2 Å². The number of hydrogen-bond donors (Lipinski definition) is 0. The number of aromatic nitrogens is 3. The van der Waals surface area contributed by atoms with Gasteiger partial charge in [-0.25, -0.2) is 9.50 Å². The normalized spacial score (nSPS) is 17.5. The molecule has 1 saturated heterocycles. The zero-order valence-corrected chi connectivity index (χ0v) is 10.6. The lowest BCUT2D eigenvalue weighted by Gasteiger charge is -2.17. The Morgan fingerprint density at radius 2 is 2.24 bits per heavy atom. The van der Waals surface area contributed by atoms with E-state index in [1.54, 1.807) is 7.11 Å². The van der Waals surface area contributed by atoms with Gasteiger partial charge in [-0.1, -0.05) is 0 Å². The SMILES string of the molecule is COc1ccn2nc(C3CCSCC3)nc2c1. The fourth-order valence-corrected chi connectivity index (χ4v) is 3.24. The topological polar surface area (TPSA) is 39.4 Å². The van der Waals surface area contributed by atoms with Crippen molar-refractivity contribution in [1.29, 1.82) is 0 Å². The summed E-state index contributed by atoms with van der Waals surface area (Å²) in [6.07, 6.45) is 4.29. The smallest absolute Gasteiger partial charge is 0.159 e. The summed E-state index contributed by atoms with van der Waals surface area (Å²) >= 11 is 2.02. The van der Waals surface area contributed by atoms with E-state index in [1.807, 2.05) is 34.6 Å². The van der Waals surface area contributed by atoms with Crippen LogP contribution < -0.4 is 4.74 Å².